The molecule has 6 nitrogen and oxygen atoms in total. The second-order valence-corrected chi connectivity index (χ2v) is 11.9. The number of carbonyl (C=O) groups excluding carboxylic acids is 1. The summed E-state index contributed by atoms with van der Waals surface area (Å²) in [6.07, 6.45) is 1.62. The van der Waals surface area contributed by atoms with Gasteiger partial charge in [-0.2, -0.15) is 0 Å². The number of nitrogen functional groups attached to an aromatic ring is 1. The number of nitrogens with two attached hydrogens (primary N) is 1. The molecule has 188 valence electrons. The normalized spacial score (nSPS) is 12.0. The number of aryl methyl sites for hydroxylation is 1. The van der Waals surface area contributed by atoms with Crippen LogP contribution in [0.1, 0.15) is 59.9 Å². The highest BCUT2D eigenvalue weighted by Crippen LogP contribution is 2.24. The van der Waals surface area contributed by atoms with Crippen molar-refractivity contribution < 1.29 is 22.8 Å². The third-order valence-electron chi connectivity index (χ3n) is 4.95. The predicted octanol–water partition coefficient (Wildman–Crippen LogP) is 6.02. The topological polar surface area (TPSA) is 80.0 Å². The molecule has 2 aromatic rings. The fourth-order valence-corrected chi connectivity index (χ4v) is 6.92. The minimum absolute atomic E-state index is 0.00173. The minimum atomic E-state index is -2.86. The standard InChI is InChI=1S/C27H41NO5Si/c1-20(2)31-34(32-21(3)4,33-22(5)6)19-7-18-30-27(29)17-10-23-8-11-24(12-9-23)25-13-15-26(28)16-14-25/h8-9,11-16,20-22H,7,10,17-19,28H2,1-6H3. The minimum Gasteiger partial charge on any atom is -0.466 e. The summed E-state index contributed by atoms with van der Waals surface area (Å²) < 4.78 is 24.0. The van der Waals surface area contributed by atoms with Gasteiger partial charge < -0.3 is 23.7 Å². The van der Waals surface area contributed by atoms with Crippen LogP contribution >= 0.6 is 0 Å². The van der Waals surface area contributed by atoms with Crippen LogP contribution in [0.2, 0.25) is 6.04 Å². The summed E-state index contributed by atoms with van der Waals surface area (Å²) in [5.74, 6) is -0.200. The molecule has 0 aliphatic rings. The molecule has 0 spiro atoms. The summed E-state index contributed by atoms with van der Waals surface area (Å²) in [4.78, 5) is 12.3. The highest BCUT2D eigenvalue weighted by molar-refractivity contribution is 6.60. The number of esters is 1. The van der Waals surface area contributed by atoms with Crippen molar-refractivity contribution in [1.29, 1.82) is 0 Å². The quantitative estimate of drug-likeness (QED) is 0.152. The molecule has 0 amide bonds. The fourth-order valence-electron chi connectivity index (χ4n) is 3.67. The van der Waals surface area contributed by atoms with Gasteiger partial charge in [0.1, 0.15) is 0 Å². The molecule has 0 heterocycles. The summed E-state index contributed by atoms with van der Waals surface area (Å²) in [6, 6.07) is 16.6. The van der Waals surface area contributed by atoms with Gasteiger partial charge in [0.15, 0.2) is 0 Å². The van der Waals surface area contributed by atoms with Crippen LogP contribution in [-0.2, 0) is 29.2 Å². The molecule has 34 heavy (non-hydrogen) atoms. The molecular weight excluding hydrogens is 446 g/mol. The molecule has 0 aliphatic heterocycles. The summed E-state index contributed by atoms with van der Waals surface area (Å²) in [7, 11) is -2.86. The van der Waals surface area contributed by atoms with E-state index < -0.39 is 8.80 Å². The number of hydrogen-bond donors (Lipinski definition) is 1. The first-order valence-corrected chi connectivity index (χ1v) is 14.2. The Morgan fingerprint density at radius 1 is 0.794 bits per heavy atom. The van der Waals surface area contributed by atoms with E-state index in [9.17, 15) is 4.79 Å². The van der Waals surface area contributed by atoms with E-state index in [1.807, 2.05) is 65.8 Å². The van der Waals surface area contributed by atoms with Crippen LogP contribution < -0.4 is 5.73 Å². The molecule has 0 aliphatic carbocycles. The third-order valence-corrected chi connectivity index (χ3v) is 8.41. The zero-order chi connectivity index (χ0) is 25.1. The summed E-state index contributed by atoms with van der Waals surface area (Å²) in [5, 5.41) is 0. The van der Waals surface area contributed by atoms with E-state index in [1.165, 1.54) is 0 Å². The van der Waals surface area contributed by atoms with E-state index in [-0.39, 0.29) is 24.3 Å². The predicted molar refractivity (Wildman–Crippen MR) is 139 cm³/mol. The zero-order valence-electron chi connectivity index (χ0n) is 21.5. The lowest BCUT2D eigenvalue weighted by Gasteiger charge is -2.34. The molecule has 2 aromatic carbocycles. The molecule has 0 radical (unpaired) electrons. The summed E-state index contributed by atoms with van der Waals surface area (Å²) in [6.45, 7) is 12.2. The van der Waals surface area contributed by atoms with Crippen LogP contribution in [0, 0.1) is 0 Å². The maximum Gasteiger partial charge on any atom is 0.501 e. The van der Waals surface area contributed by atoms with Gasteiger partial charge in [-0.3, -0.25) is 4.79 Å². The van der Waals surface area contributed by atoms with E-state index in [0.717, 1.165) is 22.4 Å². The van der Waals surface area contributed by atoms with Gasteiger partial charge in [0.25, 0.3) is 0 Å². The van der Waals surface area contributed by atoms with Gasteiger partial charge in [-0.15, -0.1) is 0 Å². The fraction of sp³-hybridized carbons (Fsp3) is 0.519. The summed E-state index contributed by atoms with van der Waals surface area (Å²) in [5.41, 5.74) is 9.84. The molecule has 0 unspecified atom stereocenters. The number of hydrogen-bond acceptors (Lipinski definition) is 6. The Labute approximate surface area is 206 Å². The van der Waals surface area contributed by atoms with Crippen LogP contribution in [0.5, 0.6) is 0 Å². The molecule has 0 aromatic heterocycles. The number of carbonyl (C=O) groups is 1. The molecule has 0 atom stereocenters. The molecule has 0 saturated heterocycles. The molecule has 7 heteroatoms. The number of rotatable bonds is 14. The van der Waals surface area contributed by atoms with Gasteiger partial charge in [-0.1, -0.05) is 36.4 Å². The smallest absolute Gasteiger partial charge is 0.466 e. The lowest BCUT2D eigenvalue weighted by Crippen LogP contribution is -2.50. The van der Waals surface area contributed by atoms with Crippen LogP contribution in [0.3, 0.4) is 0 Å². The van der Waals surface area contributed by atoms with Crippen molar-refractivity contribution in [3.05, 3.63) is 54.1 Å². The van der Waals surface area contributed by atoms with E-state index in [4.69, 9.17) is 23.7 Å². The zero-order valence-corrected chi connectivity index (χ0v) is 22.5. The molecule has 0 saturated carbocycles. The van der Waals surface area contributed by atoms with Crippen molar-refractivity contribution in [2.24, 2.45) is 0 Å². The van der Waals surface area contributed by atoms with E-state index in [2.05, 4.69) is 24.3 Å². The second-order valence-electron chi connectivity index (χ2n) is 9.33. The molecule has 0 fully saturated rings. The van der Waals surface area contributed by atoms with Gasteiger partial charge in [-0.25, -0.2) is 0 Å². The lowest BCUT2D eigenvalue weighted by atomic mass is 10.0. The van der Waals surface area contributed by atoms with Gasteiger partial charge in [-0.05, 0) is 83.2 Å². The third kappa shape index (κ3) is 9.97. The Hall–Kier alpha value is -2.19. The van der Waals surface area contributed by atoms with Gasteiger partial charge in [0.2, 0.25) is 0 Å². The first kappa shape index (κ1) is 28.0. The first-order valence-electron chi connectivity index (χ1n) is 12.2. The van der Waals surface area contributed by atoms with Crippen molar-refractivity contribution >= 4 is 20.5 Å². The van der Waals surface area contributed by atoms with Gasteiger partial charge in [0.05, 0.1) is 6.61 Å². The number of anilines is 1. The lowest BCUT2D eigenvalue weighted by molar-refractivity contribution is -0.143. The van der Waals surface area contributed by atoms with E-state index >= 15 is 0 Å². The van der Waals surface area contributed by atoms with Crippen LogP contribution in [0.15, 0.2) is 48.5 Å². The molecule has 2 rings (SSSR count). The molecule has 2 N–H and O–H groups in total. The van der Waals surface area contributed by atoms with E-state index in [1.54, 1.807) is 0 Å². The second kappa shape index (κ2) is 13.6. The van der Waals surface area contributed by atoms with Crippen molar-refractivity contribution in [2.75, 3.05) is 12.3 Å². The van der Waals surface area contributed by atoms with Crippen LogP contribution in [0.25, 0.3) is 11.1 Å². The van der Waals surface area contributed by atoms with E-state index in [0.29, 0.717) is 31.9 Å². The number of benzene rings is 2. The monoisotopic (exact) mass is 487 g/mol. The largest absolute Gasteiger partial charge is 0.501 e. The van der Waals surface area contributed by atoms with Crippen molar-refractivity contribution in [3.63, 3.8) is 0 Å². The summed E-state index contributed by atoms with van der Waals surface area (Å²) >= 11 is 0. The van der Waals surface area contributed by atoms with Crippen molar-refractivity contribution in [3.8, 4) is 11.1 Å². The highest BCUT2D eigenvalue weighted by Gasteiger charge is 2.43. The Morgan fingerprint density at radius 2 is 1.26 bits per heavy atom. The molecule has 0 bridgehead atoms. The SMILES string of the molecule is CC(C)O[Si](CCCOC(=O)CCc1ccc(-c2ccc(N)cc2)cc1)(OC(C)C)OC(C)C. The van der Waals surface area contributed by atoms with Gasteiger partial charge in [0, 0.05) is 36.5 Å². The Balaban J connectivity index is 1.80. The Morgan fingerprint density at radius 3 is 1.74 bits per heavy atom. The van der Waals surface area contributed by atoms with Crippen LogP contribution in [-0.4, -0.2) is 39.7 Å². The maximum atomic E-state index is 12.3. The average Bonchev–Trinajstić information content (AvgIpc) is 2.75. The average molecular weight is 488 g/mol. The van der Waals surface area contributed by atoms with Gasteiger partial charge >= 0.3 is 14.8 Å². The Kier molecular flexibility index (Phi) is 11.2. The van der Waals surface area contributed by atoms with Crippen molar-refractivity contribution in [1.82, 2.24) is 0 Å². The highest BCUT2D eigenvalue weighted by atomic mass is 28.4. The Bertz CT molecular complexity index is 839. The molecular formula is C27H41NO5Si. The van der Waals surface area contributed by atoms with Crippen molar-refractivity contribution in [2.45, 2.75) is 85.2 Å². The van der Waals surface area contributed by atoms with Crippen LogP contribution in [0.4, 0.5) is 5.69 Å². The maximum absolute atomic E-state index is 12.3. The number of ether oxygens (including phenoxy) is 1. The first-order chi connectivity index (χ1) is 16.1.